The Morgan fingerprint density at radius 2 is 1.85 bits per heavy atom. The van der Waals surface area contributed by atoms with Gasteiger partial charge in [-0.25, -0.2) is 12.8 Å². The number of nitrogens with one attached hydrogen (secondary N) is 1. The molecule has 0 bridgehead atoms. The number of anilines is 2. The zero-order valence-electron chi connectivity index (χ0n) is 18.7. The molecule has 174 valence electrons. The van der Waals surface area contributed by atoms with Gasteiger partial charge in [-0.3, -0.25) is 9.78 Å². The van der Waals surface area contributed by atoms with Crippen LogP contribution in [0.5, 0.6) is 0 Å². The topological polar surface area (TPSA) is 102 Å². The number of amides is 1. The van der Waals surface area contributed by atoms with E-state index >= 15 is 0 Å². The number of hydrogen-bond donors (Lipinski definition) is 2. The number of fused-ring (bicyclic) bond motifs is 1. The molecule has 0 radical (unpaired) electrons. The lowest BCUT2D eigenvalue weighted by Crippen LogP contribution is -2.30. The Bertz CT molecular complexity index is 1300. The lowest BCUT2D eigenvalue weighted by Gasteiger charge is -2.32. The van der Waals surface area contributed by atoms with Crippen LogP contribution in [0.1, 0.15) is 44.1 Å². The molecule has 33 heavy (non-hydrogen) atoms. The first-order chi connectivity index (χ1) is 15.6. The maximum Gasteiger partial charge on any atom is 0.227 e. The van der Waals surface area contributed by atoms with Crippen LogP contribution in [0.3, 0.4) is 0 Å². The van der Waals surface area contributed by atoms with Gasteiger partial charge in [0, 0.05) is 23.8 Å². The van der Waals surface area contributed by atoms with Gasteiger partial charge in [0.25, 0.3) is 0 Å². The highest BCUT2D eigenvalue weighted by Gasteiger charge is 2.30. The highest BCUT2D eigenvalue weighted by molar-refractivity contribution is 7.90. The summed E-state index contributed by atoms with van der Waals surface area (Å²) in [6.45, 7) is 1.92. The van der Waals surface area contributed by atoms with Crippen LogP contribution < -0.4 is 11.1 Å². The van der Waals surface area contributed by atoms with Crippen molar-refractivity contribution in [3.8, 4) is 0 Å². The average molecular weight is 470 g/mol. The number of nitrogen functional groups attached to an aromatic ring is 1. The monoisotopic (exact) mass is 469 g/mol. The molecule has 0 unspecified atom stereocenters. The van der Waals surface area contributed by atoms with E-state index < -0.39 is 9.84 Å². The number of sulfone groups is 1. The van der Waals surface area contributed by atoms with E-state index in [2.05, 4.69) is 10.3 Å². The quantitative estimate of drug-likeness (QED) is 0.517. The van der Waals surface area contributed by atoms with Gasteiger partial charge < -0.3 is 11.1 Å². The Balaban J connectivity index is 1.41. The number of benzene rings is 2. The normalized spacial score (nSPS) is 19.8. The largest absolute Gasteiger partial charge is 0.397 e. The fraction of sp³-hybridized carbons (Fsp3) is 0.360. The fourth-order valence-corrected chi connectivity index (χ4v) is 5.43. The Morgan fingerprint density at radius 1 is 1.12 bits per heavy atom. The molecule has 6 nitrogen and oxygen atoms in total. The smallest absolute Gasteiger partial charge is 0.227 e. The van der Waals surface area contributed by atoms with Gasteiger partial charge in [0.2, 0.25) is 5.91 Å². The molecule has 3 aromatic rings. The fourth-order valence-electron chi connectivity index (χ4n) is 4.77. The summed E-state index contributed by atoms with van der Waals surface area (Å²) in [7, 11) is -3.37. The number of pyridine rings is 1. The second-order valence-electron chi connectivity index (χ2n) is 8.97. The molecule has 1 saturated carbocycles. The van der Waals surface area contributed by atoms with Gasteiger partial charge >= 0.3 is 0 Å². The van der Waals surface area contributed by atoms with Crippen LogP contribution in [0.4, 0.5) is 15.8 Å². The number of nitrogens with zero attached hydrogens (tertiary/aromatic N) is 1. The minimum atomic E-state index is -3.37. The number of aromatic nitrogens is 1. The predicted octanol–water partition coefficient (Wildman–Crippen LogP) is 4.91. The van der Waals surface area contributed by atoms with Gasteiger partial charge in [0.05, 0.1) is 21.8 Å². The summed E-state index contributed by atoms with van der Waals surface area (Å²) in [6.07, 6.45) is 6.51. The number of hydrogen-bond acceptors (Lipinski definition) is 5. The van der Waals surface area contributed by atoms with Crippen LogP contribution in [-0.4, -0.2) is 25.6 Å². The summed E-state index contributed by atoms with van der Waals surface area (Å²) < 4.78 is 37.2. The lowest BCUT2D eigenvalue weighted by molar-refractivity contribution is -0.121. The minimum Gasteiger partial charge on any atom is -0.397 e. The molecule has 4 rings (SSSR count). The highest BCUT2D eigenvalue weighted by atomic mass is 32.2. The SMILES string of the molecule is C[C@@H](C(=O)Nc1ccc(S(C)(=O)=O)cc1N)C1CCC(c2ccnc3ccc(F)cc23)CC1. The molecule has 0 spiro atoms. The van der Waals surface area contributed by atoms with Gasteiger partial charge in [0.1, 0.15) is 5.82 Å². The van der Waals surface area contributed by atoms with E-state index in [0.29, 0.717) is 11.6 Å². The first kappa shape index (κ1) is 23.2. The average Bonchev–Trinajstić information content (AvgIpc) is 2.79. The summed E-state index contributed by atoms with van der Waals surface area (Å²) in [5.74, 6) is -0.0783. The summed E-state index contributed by atoms with van der Waals surface area (Å²) in [4.78, 5) is 17.3. The Morgan fingerprint density at radius 3 is 2.52 bits per heavy atom. The molecule has 8 heteroatoms. The Labute approximate surface area is 193 Å². The third-order valence-electron chi connectivity index (χ3n) is 6.78. The predicted molar refractivity (Wildman–Crippen MR) is 128 cm³/mol. The van der Waals surface area contributed by atoms with Crippen molar-refractivity contribution in [2.45, 2.75) is 43.4 Å². The van der Waals surface area contributed by atoms with Crippen molar-refractivity contribution in [3.63, 3.8) is 0 Å². The van der Waals surface area contributed by atoms with Gasteiger partial charge in [0.15, 0.2) is 9.84 Å². The summed E-state index contributed by atoms with van der Waals surface area (Å²) in [5.41, 5.74) is 8.52. The third-order valence-corrected chi connectivity index (χ3v) is 7.89. The maximum absolute atomic E-state index is 13.8. The maximum atomic E-state index is 13.8. The van der Waals surface area contributed by atoms with Crippen molar-refractivity contribution in [3.05, 3.63) is 60.0 Å². The first-order valence-electron chi connectivity index (χ1n) is 11.1. The molecule has 2 aromatic carbocycles. The van der Waals surface area contributed by atoms with E-state index in [4.69, 9.17) is 5.73 Å². The first-order valence-corrected chi connectivity index (χ1v) is 13.0. The number of nitrogens with two attached hydrogens (primary N) is 1. The number of rotatable bonds is 5. The molecule has 1 aromatic heterocycles. The van der Waals surface area contributed by atoms with Gasteiger partial charge in [-0.05, 0) is 85.5 Å². The number of carbonyl (C=O) groups is 1. The van der Waals surface area contributed by atoms with Crippen molar-refractivity contribution >= 4 is 38.0 Å². The standard InChI is InChI=1S/C25H28FN3O3S/c1-15(25(30)29-24-10-8-19(14-22(24)27)33(2,31)32)16-3-5-17(6-4-16)20-11-12-28-23-9-7-18(26)13-21(20)23/h7-17H,3-6,27H2,1-2H3,(H,29,30)/t15-,16?,17?/m1/s1. The highest BCUT2D eigenvalue weighted by Crippen LogP contribution is 2.41. The second-order valence-corrected chi connectivity index (χ2v) is 11.0. The van der Waals surface area contributed by atoms with Crippen molar-refractivity contribution < 1.29 is 17.6 Å². The van der Waals surface area contributed by atoms with E-state index in [9.17, 15) is 17.6 Å². The lowest BCUT2D eigenvalue weighted by atomic mass is 9.73. The van der Waals surface area contributed by atoms with Crippen LogP contribution in [0, 0.1) is 17.7 Å². The zero-order chi connectivity index (χ0) is 23.8. The number of halogens is 1. The number of carbonyl (C=O) groups excluding carboxylic acids is 1. The van der Waals surface area contributed by atoms with Crippen molar-refractivity contribution in [2.75, 3.05) is 17.3 Å². The van der Waals surface area contributed by atoms with E-state index in [-0.39, 0.29) is 34.1 Å². The summed E-state index contributed by atoms with van der Waals surface area (Å²) in [5, 5.41) is 3.71. The van der Waals surface area contributed by atoms with Crippen molar-refractivity contribution in [2.24, 2.45) is 11.8 Å². The third kappa shape index (κ3) is 5.00. The molecule has 1 amide bonds. The van der Waals surface area contributed by atoms with Crippen LogP contribution in [-0.2, 0) is 14.6 Å². The van der Waals surface area contributed by atoms with E-state index in [1.807, 2.05) is 13.0 Å². The minimum absolute atomic E-state index is 0.118. The molecule has 0 aliphatic heterocycles. The van der Waals surface area contributed by atoms with E-state index in [1.54, 1.807) is 18.3 Å². The second kappa shape index (κ2) is 9.09. The molecular formula is C25H28FN3O3S. The van der Waals surface area contributed by atoms with Crippen LogP contribution in [0.25, 0.3) is 10.9 Å². The molecule has 1 atom stereocenters. The van der Waals surface area contributed by atoms with Crippen LogP contribution in [0.2, 0.25) is 0 Å². The Hall–Kier alpha value is -3.00. The van der Waals surface area contributed by atoms with Crippen molar-refractivity contribution in [1.29, 1.82) is 0 Å². The van der Waals surface area contributed by atoms with Gasteiger partial charge in [-0.2, -0.15) is 0 Å². The molecule has 3 N–H and O–H groups in total. The summed E-state index contributed by atoms with van der Waals surface area (Å²) in [6, 6.07) is 11.0. The molecule has 0 saturated heterocycles. The summed E-state index contributed by atoms with van der Waals surface area (Å²) >= 11 is 0. The van der Waals surface area contributed by atoms with Gasteiger partial charge in [-0.15, -0.1) is 0 Å². The van der Waals surface area contributed by atoms with Crippen LogP contribution >= 0.6 is 0 Å². The molecular weight excluding hydrogens is 441 g/mol. The molecule has 1 aliphatic carbocycles. The molecule has 1 fully saturated rings. The van der Waals surface area contributed by atoms with E-state index in [0.717, 1.165) is 48.4 Å². The van der Waals surface area contributed by atoms with E-state index in [1.165, 1.54) is 24.3 Å². The van der Waals surface area contributed by atoms with Crippen LogP contribution in [0.15, 0.2) is 53.6 Å². The van der Waals surface area contributed by atoms with Gasteiger partial charge in [-0.1, -0.05) is 6.92 Å². The Kier molecular flexibility index (Phi) is 6.38. The zero-order valence-corrected chi connectivity index (χ0v) is 19.5. The van der Waals surface area contributed by atoms with Crippen molar-refractivity contribution in [1.82, 2.24) is 4.98 Å². The molecule has 1 aliphatic rings. The molecule has 1 heterocycles.